The molecule has 0 bridgehead atoms. The normalized spacial score (nSPS) is 23.1. The SMILES string of the molecule is Cc1ccc(S(C)(=O)=O)cc1C(=O)N1C[C@H](C)O[C@@H](C)C1. The maximum atomic E-state index is 12.7. The summed E-state index contributed by atoms with van der Waals surface area (Å²) in [4.78, 5) is 14.6. The molecule has 0 spiro atoms. The lowest BCUT2D eigenvalue weighted by atomic mass is 10.1. The van der Waals surface area contributed by atoms with Crippen molar-refractivity contribution in [1.82, 2.24) is 4.90 Å². The van der Waals surface area contributed by atoms with E-state index in [1.54, 1.807) is 11.0 Å². The Balaban J connectivity index is 2.34. The van der Waals surface area contributed by atoms with E-state index in [4.69, 9.17) is 4.74 Å². The van der Waals surface area contributed by atoms with Gasteiger partial charge in [-0.15, -0.1) is 0 Å². The third-order valence-corrected chi connectivity index (χ3v) is 4.68. The third-order valence-electron chi connectivity index (χ3n) is 3.57. The molecule has 0 aliphatic carbocycles. The van der Waals surface area contributed by atoms with Gasteiger partial charge < -0.3 is 9.64 Å². The van der Waals surface area contributed by atoms with Crippen LogP contribution in [0, 0.1) is 6.92 Å². The Kier molecular flexibility index (Phi) is 4.39. The monoisotopic (exact) mass is 311 g/mol. The van der Waals surface area contributed by atoms with Gasteiger partial charge in [0.2, 0.25) is 0 Å². The summed E-state index contributed by atoms with van der Waals surface area (Å²) in [5, 5.41) is 0. The van der Waals surface area contributed by atoms with Gasteiger partial charge in [-0.3, -0.25) is 4.79 Å². The fourth-order valence-electron chi connectivity index (χ4n) is 2.58. The second kappa shape index (κ2) is 5.77. The molecule has 1 aliphatic heterocycles. The highest BCUT2D eigenvalue weighted by molar-refractivity contribution is 7.90. The molecular weight excluding hydrogens is 290 g/mol. The second-order valence-electron chi connectivity index (χ2n) is 5.72. The number of amides is 1. The summed E-state index contributed by atoms with van der Waals surface area (Å²) in [5.41, 5.74) is 1.22. The van der Waals surface area contributed by atoms with Gasteiger partial charge in [-0.25, -0.2) is 8.42 Å². The summed E-state index contributed by atoms with van der Waals surface area (Å²) in [6.45, 7) is 6.70. The molecule has 1 aromatic rings. The lowest BCUT2D eigenvalue weighted by Gasteiger charge is -2.35. The van der Waals surface area contributed by atoms with Crippen molar-refractivity contribution >= 4 is 15.7 Å². The number of morpholine rings is 1. The number of hydrogen-bond acceptors (Lipinski definition) is 4. The number of ether oxygens (including phenoxy) is 1. The molecule has 0 aromatic heterocycles. The summed E-state index contributed by atoms with van der Waals surface area (Å²) >= 11 is 0. The Morgan fingerprint density at radius 2 is 1.81 bits per heavy atom. The quantitative estimate of drug-likeness (QED) is 0.833. The molecule has 5 nitrogen and oxygen atoms in total. The van der Waals surface area contributed by atoms with Crippen LogP contribution in [0.1, 0.15) is 29.8 Å². The average Bonchev–Trinajstić information content (AvgIpc) is 2.36. The van der Waals surface area contributed by atoms with E-state index in [1.165, 1.54) is 12.1 Å². The van der Waals surface area contributed by atoms with Crippen molar-refractivity contribution in [3.63, 3.8) is 0 Å². The highest BCUT2D eigenvalue weighted by Gasteiger charge is 2.27. The Morgan fingerprint density at radius 1 is 1.24 bits per heavy atom. The average molecular weight is 311 g/mol. The van der Waals surface area contributed by atoms with Gasteiger partial charge in [0.15, 0.2) is 9.84 Å². The maximum absolute atomic E-state index is 12.7. The molecule has 0 saturated carbocycles. The maximum Gasteiger partial charge on any atom is 0.254 e. The number of carbonyl (C=O) groups excluding carboxylic acids is 1. The first-order chi connectivity index (χ1) is 9.68. The molecule has 1 amide bonds. The van der Waals surface area contributed by atoms with Crippen LogP contribution in [0.3, 0.4) is 0 Å². The molecule has 0 unspecified atom stereocenters. The molecule has 0 radical (unpaired) electrons. The van der Waals surface area contributed by atoms with Crippen LogP contribution in [0.4, 0.5) is 0 Å². The number of rotatable bonds is 2. The zero-order valence-electron chi connectivity index (χ0n) is 12.8. The number of nitrogens with zero attached hydrogens (tertiary/aromatic N) is 1. The van der Waals surface area contributed by atoms with Crippen LogP contribution >= 0.6 is 0 Å². The highest BCUT2D eigenvalue weighted by Crippen LogP contribution is 2.20. The fraction of sp³-hybridized carbons (Fsp3) is 0.533. The van der Waals surface area contributed by atoms with Crippen LogP contribution in [0.2, 0.25) is 0 Å². The van der Waals surface area contributed by atoms with Gasteiger partial charge in [0.05, 0.1) is 17.1 Å². The number of benzene rings is 1. The predicted octanol–water partition coefficient (Wildman–Crippen LogP) is 1.65. The minimum Gasteiger partial charge on any atom is -0.372 e. The molecule has 1 aliphatic rings. The molecule has 6 heteroatoms. The molecule has 1 aromatic carbocycles. The first kappa shape index (κ1) is 16.0. The van der Waals surface area contributed by atoms with E-state index in [2.05, 4.69) is 0 Å². The van der Waals surface area contributed by atoms with Crippen molar-refractivity contribution < 1.29 is 17.9 Å². The molecule has 1 saturated heterocycles. The van der Waals surface area contributed by atoms with Gasteiger partial charge in [-0.1, -0.05) is 6.07 Å². The Labute approximate surface area is 125 Å². The minimum atomic E-state index is -3.32. The summed E-state index contributed by atoms with van der Waals surface area (Å²) in [6, 6.07) is 4.68. The molecule has 1 fully saturated rings. The lowest BCUT2D eigenvalue weighted by Crippen LogP contribution is -2.48. The number of carbonyl (C=O) groups is 1. The van der Waals surface area contributed by atoms with Gasteiger partial charge in [-0.05, 0) is 38.5 Å². The zero-order chi connectivity index (χ0) is 15.8. The summed E-state index contributed by atoms with van der Waals surface area (Å²) in [5.74, 6) is -0.139. The third kappa shape index (κ3) is 3.63. The standard InChI is InChI=1S/C15H21NO4S/c1-10-5-6-13(21(4,18)19)7-14(10)15(17)16-8-11(2)20-12(3)9-16/h5-7,11-12H,8-9H2,1-4H3/t11-,12-/m0/s1. The molecule has 2 rings (SSSR count). The van der Waals surface area contributed by atoms with Crippen LogP contribution in [-0.2, 0) is 14.6 Å². The number of aryl methyl sites for hydroxylation is 1. The van der Waals surface area contributed by atoms with Crippen molar-refractivity contribution in [2.45, 2.75) is 37.9 Å². The van der Waals surface area contributed by atoms with E-state index in [0.29, 0.717) is 18.7 Å². The van der Waals surface area contributed by atoms with E-state index in [9.17, 15) is 13.2 Å². The Bertz CT molecular complexity index is 644. The van der Waals surface area contributed by atoms with Crippen molar-refractivity contribution in [3.8, 4) is 0 Å². The van der Waals surface area contributed by atoms with Gasteiger partial charge >= 0.3 is 0 Å². The second-order valence-corrected chi connectivity index (χ2v) is 7.73. The van der Waals surface area contributed by atoms with Crippen LogP contribution < -0.4 is 0 Å². The summed E-state index contributed by atoms with van der Waals surface area (Å²) in [7, 11) is -3.32. The number of sulfone groups is 1. The molecule has 116 valence electrons. The smallest absolute Gasteiger partial charge is 0.254 e. The van der Waals surface area contributed by atoms with E-state index >= 15 is 0 Å². The Morgan fingerprint density at radius 3 is 2.33 bits per heavy atom. The van der Waals surface area contributed by atoms with E-state index in [0.717, 1.165) is 11.8 Å². The van der Waals surface area contributed by atoms with Gasteiger partial charge in [0.25, 0.3) is 5.91 Å². The fourth-order valence-corrected chi connectivity index (χ4v) is 3.22. The van der Waals surface area contributed by atoms with Crippen molar-refractivity contribution in [1.29, 1.82) is 0 Å². The van der Waals surface area contributed by atoms with Crippen molar-refractivity contribution in [2.75, 3.05) is 19.3 Å². The predicted molar refractivity (Wildman–Crippen MR) is 80.2 cm³/mol. The minimum absolute atomic E-state index is 0.0175. The van der Waals surface area contributed by atoms with Crippen molar-refractivity contribution in [3.05, 3.63) is 29.3 Å². The van der Waals surface area contributed by atoms with E-state index in [1.807, 2.05) is 20.8 Å². The molecule has 1 heterocycles. The molecule has 21 heavy (non-hydrogen) atoms. The molecule has 2 atom stereocenters. The number of hydrogen-bond donors (Lipinski definition) is 0. The highest BCUT2D eigenvalue weighted by atomic mass is 32.2. The first-order valence-electron chi connectivity index (χ1n) is 6.94. The first-order valence-corrected chi connectivity index (χ1v) is 8.83. The largest absolute Gasteiger partial charge is 0.372 e. The zero-order valence-corrected chi connectivity index (χ0v) is 13.6. The van der Waals surface area contributed by atoms with Crippen LogP contribution in [-0.4, -0.2) is 50.8 Å². The van der Waals surface area contributed by atoms with Crippen LogP contribution in [0.25, 0.3) is 0 Å². The molecular formula is C15H21NO4S. The van der Waals surface area contributed by atoms with E-state index < -0.39 is 9.84 Å². The summed E-state index contributed by atoms with van der Waals surface area (Å²) < 4.78 is 28.9. The lowest BCUT2D eigenvalue weighted by molar-refractivity contribution is -0.0586. The topological polar surface area (TPSA) is 63.7 Å². The Hall–Kier alpha value is -1.40. The van der Waals surface area contributed by atoms with Crippen molar-refractivity contribution in [2.24, 2.45) is 0 Å². The van der Waals surface area contributed by atoms with Crippen LogP contribution in [0.15, 0.2) is 23.1 Å². The van der Waals surface area contributed by atoms with Crippen LogP contribution in [0.5, 0.6) is 0 Å². The van der Waals surface area contributed by atoms with Gasteiger partial charge in [0.1, 0.15) is 0 Å². The van der Waals surface area contributed by atoms with Gasteiger partial charge in [0, 0.05) is 24.9 Å². The van der Waals surface area contributed by atoms with Gasteiger partial charge in [-0.2, -0.15) is 0 Å². The van der Waals surface area contributed by atoms with E-state index in [-0.39, 0.29) is 23.0 Å². The molecule has 0 N–H and O–H groups in total. The summed E-state index contributed by atoms with van der Waals surface area (Å²) in [6.07, 6.45) is 1.11.